The van der Waals surface area contributed by atoms with Crippen molar-refractivity contribution in [1.82, 2.24) is 25.1 Å². The number of aromatic amines is 1. The molecule has 1 aliphatic heterocycles. The molecule has 1 fully saturated rings. The van der Waals surface area contributed by atoms with Crippen LogP contribution < -0.4 is 15.2 Å². The highest BCUT2D eigenvalue weighted by Crippen LogP contribution is 2.18. The number of aromatic nitrogens is 4. The molecule has 0 bridgehead atoms. The van der Waals surface area contributed by atoms with Gasteiger partial charge in [0.1, 0.15) is 11.1 Å². The number of nitrogens with zero attached hydrogens (tertiary/aromatic N) is 5. The van der Waals surface area contributed by atoms with Crippen molar-refractivity contribution < 1.29 is 14.3 Å². The van der Waals surface area contributed by atoms with Gasteiger partial charge in [-0.05, 0) is 15.9 Å². The van der Waals surface area contributed by atoms with Crippen LogP contribution in [0.1, 0.15) is 6.42 Å². The number of ether oxygens (including phenoxy) is 2. The van der Waals surface area contributed by atoms with E-state index in [1.807, 2.05) is 9.80 Å². The second-order valence-corrected chi connectivity index (χ2v) is 7.39. The quantitative estimate of drug-likeness (QED) is 0.551. The molecule has 1 saturated heterocycles. The number of hydrogen-bond donors (Lipinski definition) is 1. The Morgan fingerprint density at radius 3 is 2.59 bits per heavy atom. The fourth-order valence-electron chi connectivity index (χ4n) is 2.72. The predicted octanol–water partition coefficient (Wildman–Crippen LogP) is 1.11. The first-order chi connectivity index (χ1) is 14.0. The Labute approximate surface area is 180 Å². The maximum absolute atomic E-state index is 12.3. The van der Waals surface area contributed by atoms with E-state index in [-0.39, 0.29) is 22.5 Å². The third kappa shape index (κ3) is 6.12. The van der Waals surface area contributed by atoms with Gasteiger partial charge in [0.25, 0.3) is 5.56 Å². The summed E-state index contributed by atoms with van der Waals surface area (Å²) >= 11 is 8.94. The molecule has 0 radical (unpaired) electrons. The van der Waals surface area contributed by atoms with Gasteiger partial charge in [-0.1, -0.05) is 11.6 Å². The Kier molecular flexibility index (Phi) is 7.78. The molecule has 156 valence electrons. The minimum absolute atomic E-state index is 0.0455. The fraction of sp³-hybridized carbons (Fsp3) is 0.471. The van der Waals surface area contributed by atoms with Gasteiger partial charge >= 0.3 is 0 Å². The van der Waals surface area contributed by atoms with Crippen LogP contribution in [0.15, 0.2) is 27.9 Å². The number of nitrogens with one attached hydrogen (secondary N) is 1. The van der Waals surface area contributed by atoms with Crippen LogP contribution in [0.5, 0.6) is 5.75 Å². The summed E-state index contributed by atoms with van der Waals surface area (Å²) in [7, 11) is 0. The number of hydrogen-bond acceptors (Lipinski definition) is 8. The zero-order valence-electron chi connectivity index (χ0n) is 15.5. The van der Waals surface area contributed by atoms with E-state index in [1.165, 1.54) is 6.20 Å². The van der Waals surface area contributed by atoms with E-state index in [9.17, 15) is 9.59 Å². The zero-order valence-corrected chi connectivity index (χ0v) is 17.9. The standard InChI is InChI=1S/C17H20BrClN6O4/c18-15-13(11-22-23-16(15)27)29-8-7-28-6-1-14(26)24-2-4-25(5-3-24)17-20-9-12(19)10-21-17/h9-11H,1-8H2,(H,23,27). The molecular weight excluding hydrogens is 468 g/mol. The highest BCUT2D eigenvalue weighted by molar-refractivity contribution is 9.10. The fourth-order valence-corrected chi connectivity index (χ4v) is 3.13. The molecule has 0 aliphatic carbocycles. The molecule has 0 unspecified atom stereocenters. The van der Waals surface area contributed by atoms with Crippen LogP contribution in [0.4, 0.5) is 5.95 Å². The van der Waals surface area contributed by atoms with Crippen molar-refractivity contribution in [2.75, 3.05) is 50.9 Å². The number of anilines is 1. The third-order valence-electron chi connectivity index (χ3n) is 4.23. The van der Waals surface area contributed by atoms with Crippen LogP contribution in [-0.4, -0.2) is 77.0 Å². The number of amides is 1. The van der Waals surface area contributed by atoms with Gasteiger partial charge in [-0.25, -0.2) is 15.1 Å². The van der Waals surface area contributed by atoms with E-state index >= 15 is 0 Å². The Bertz CT molecular complexity index is 873. The molecule has 3 heterocycles. The van der Waals surface area contributed by atoms with Crippen molar-refractivity contribution in [2.24, 2.45) is 0 Å². The first kappa shape index (κ1) is 21.5. The lowest BCUT2D eigenvalue weighted by molar-refractivity contribution is -0.132. The van der Waals surface area contributed by atoms with Crippen LogP contribution in [-0.2, 0) is 9.53 Å². The lowest BCUT2D eigenvalue weighted by Gasteiger charge is -2.34. The molecular formula is C17H20BrClN6O4. The Morgan fingerprint density at radius 1 is 1.14 bits per heavy atom. The smallest absolute Gasteiger partial charge is 0.282 e. The van der Waals surface area contributed by atoms with Crippen molar-refractivity contribution in [3.05, 3.63) is 38.4 Å². The molecule has 0 atom stereocenters. The highest BCUT2D eigenvalue weighted by Gasteiger charge is 2.22. The molecule has 29 heavy (non-hydrogen) atoms. The van der Waals surface area contributed by atoms with Gasteiger partial charge in [-0.3, -0.25) is 9.59 Å². The van der Waals surface area contributed by atoms with Crippen molar-refractivity contribution in [1.29, 1.82) is 0 Å². The monoisotopic (exact) mass is 486 g/mol. The third-order valence-corrected chi connectivity index (χ3v) is 5.18. The maximum atomic E-state index is 12.3. The summed E-state index contributed by atoms with van der Waals surface area (Å²) in [6.07, 6.45) is 4.83. The van der Waals surface area contributed by atoms with Gasteiger partial charge in [-0.2, -0.15) is 5.10 Å². The number of carbonyl (C=O) groups excluding carboxylic acids is 1. The lowest BCUT2D eigenvalue weighted by atomic mass is 10.3. The summed E-state index contributed by atoms with van der Waals surface area (Å²) in [6.45, 7) is 3.40. The number of piperazine rings is 1. The van der Waals surface area contributed by atoms with Crippen molar-refractivity contribution >= 4 is 39.4 Å². The molecule has 2 aromatic heterocycles. The molecule has 3 rings (SSSR count). The van der Waals surface area contributed by atoms with Gasteiger partial charge in [0.05, 0.1) is 43.2 Å². The van der Waals surface area contributed by atoms with E-state index in [0.717, 1.165) is 0 Å². The van der Waals surface area contributed by atoms with Gasteiger partial charge in [0.15, 0.2) is 5.75 Å². The minimum Gasteiger partial charge on any atom is -0.488 e. The molecule has 1 N–H and O–H groups in total. The first-order valence-corrected chi connectivity index (χ1v) is 10.2. The average Bonchev–Trinajstić information content (AvgIpc) is 2.74. The number of carbonyl (C=O) groups is 1. The molecule has 1 amide bonds. The first-order valence-electron chi connectivity index (χ1n) is 8.98. The summed E-state index contributed by atoms with van der Waals surface area (Å²) in [6, 6.07) is 0. The summed E-state index contributed by atoms with van der Waals surface area (Å²) in [5, 5.41) is 6.45. The van der Waals surface area contributed by atoms with Gasteiger partial charge < -0.3 is 19.3 Å². The molecule has 0 saturated carbocycles. The molecule has 2 aromatic rings. The summed E-state index contributed by atoms with van der Waals surface area (Å²) in [5.41, 5.74) is -0.364. The van der Waals surface area contributed by atoms with E-state index in [2.05, 4.69) is 36.1 Å². The topological polar surface area (TPSA) is 114 Å². The lowest BCUT2D eigenvalue weighted by Crippen LogP contribution is -2.49. The minimum atomic E-state index is -0.364. The largest absolute Gasteiger partial charge is 0.488 e. The second kappa shape index (κ2) is 10.5. The summed E-state index contributed by atoms with van der Waals surface area (Å²) < 4.78 is 11.2. The summed E-state index contributed by atoms with van der Waals surface area (Å²) in [5.74, 6) is 1.01. The number of rotatable bonds is 8. The van der Waals surface area contributed by atoms with Gasteiger partial charge in [-0.15, -0.1) is 0 Å². The van der Waals surface area contributed by atoms with E-state index < -0.39 is 0 Å². The average molecular weight is 488 g/mol. The SMILES string of the molecule is O=C(CCOCCOc1cn[nH]c(=O)c1Br)N1CCN(c2ncc(Cl)cn2)CC1. The van der Waals surface area contributed by atoms with Crippen LogP contribution in [0, 0.1) is 0 Å². The van der Waals surface area contributed by atoms with Crippen LogP contribution >= 0.6 is 27.5 Å². The van der Waals surface area contributed by atoms with Crippen LogP contribution in [0.3, 0.4) is 0 Å². The second-order valence-electron chi connectivity index (χ2n) is 6.16. The molecule has 10 nitrogen and oxygen atoms in total. The van der Waals surface area contributed by atoms with E-state index in [0.29, 0.717) is 62.5 Å². The van der Waals surface area contributed by atoms with Crippen LogP contribution in [0.2, 0.25) is 5.02 Å². The Balaban J connectivity index is 1.31. The van der Waals surface area contributed by atoms with Crippen molar-refractivity contribution in [3.63, 3.8) is 0 Å². The Hall–Kier alpha value is -2.24. The molecule has 0 aromatic carbocycles. The van der Waals surface area contributed by atoms with Crippen LogP contribution in [0.25, 0.3) is 0 Å². The normalized spacial score (nSPS) is 14.1. The number of halogens is 2. The van der Waals surface area contributed by atoms with Crippen molar-refractivity contribution in [2.45, 2.75) is 6.42 Å². The predicted molar refractivity (Wildman–Crippen MR) is 109 cm³/mol. The molecule has 1 aliphatic rings. The number of H-pyrrole nitrogens is 1. The zero-order chi connectivity index (χ0) is 20.6. The van der Waals surface area contributed by atoms with Gasteiger partial charge in [0, 0.05) is 26.2 Å². The molecule has 12 heteroatoms. The van der Waals surface area contributed by atoms with E-state index in [4.69, 9.17) is 21.1 Å². The Morgan fingerprint density at radius 2 is 1.86 bits per heavy atom. The maximum Gasteiger partial charge on any atom is 0.282 e. The van der Waals surface area contributed by atoms with E-state index in [1.54, 1.807) is 12.4 Å². The summed E-state index contributed by atoms with van der Waals surface area (Å²) in [4.78, 5) is 35.9. The highest BCUT2D eigenvalue weighted by atomic mass is 79.9. The van der Waals surface area contributed by atoms with Gasteiger partial charge in [0.2, 0.25) is 11.9 Å². The molecule has 0 spiro atoms. The van der Waals surface area contributed by atoms with Crippen molar-refractivity contribution in [3.8, 4) is 5.75 Å².